The van der Waals surface area contributed by atoms with E-state index in [-0.39, 0.29) is 127 Å². The molecule has 0 aliphatic heterocycles. The molecule has 0 amide bonds. The third-order valence-electron chi connectivity index (χ3n) is 16.9. The fourth-order valence-electron chi connectivity index (χ4n) is 11.6. The van der Waals surface area contributed by atoms with Gasteiger partial charge < -0.3 is 29.5 Å². The molecule has 0 saturated heterocycles. The van der Waals surface area contributed by atoms with E-state index in [1.54, 1.807) is 35.3 Å². The molecule has 3 rings (SSSR count). The van der Waals surface area contributed by atoms with Crippen LogP contribution in [-0.2, 0) is 28.6 Å². The zero-order valence-electron chi connectivity index (χ0n) is 44.5. The molecule has 386 valence electrons. The van der Waals surface area contributed by atoms with Crippen molar-refractivity contribution in [2.45, 2.75) is 174 Å². The SMILES string of the molecule is CCC(COC(=O)CCSCC1C(C)CC(C(C)(C)C)C(O)C1C)(COC(=O)CCSCC1C(C)CC(C(C)(C)C)C(O)C1C)COC(=O)CCSCC1C(C)CC(C(C)(C)C)C(O)C1C. The van der Waals surface area contributed by atoms with Crippen molar-refractivity contribution in [3.8, 4) is 0 Å². The van der Waals surface area contributed by atoms with Crippen molar-refractivity contribution in [1.82, 2.24) is 0 Å². The van der Waals surface area contributed by atoms with Gasteiger partial charge in [-0.25, -0.2) is 0 Å². The van der Waals surface area contributed by atoms with Crippen molar-refractivity contribution >= 4 is 53.2 Å². The Hall–Kier alpha value is -0.660. The van der Waals surface area contributed by atoms with Gasteiger partial charge in [0.05, 0.1) is 43.0 Å². The molecule has 9 nitrogen and oxygen atoms in total. The predicted molar refractivity (Wildman–Crippen MR) is 278 cm³/mol. The summed E-state index contributed by atoms with van der Waals surface area (Å²) in [6, 6.07) is 0. The summed E-state index contributed by atoms with van der Waals surface area (Å²) in [7, 11) is 0. The molecular weight excluding hydrogens is 889 g/mol. The summed E-state index contributed by atoms with van der Waals surface area (Å²) in [6.07, 6.45) is 3.16. The van der Waals surface area contributed by atoms with Crippen molar-refractivity contribution in [2.75, 3.05) is 54.3 Å². The summed E-state index contributed by atoms with van der Waals surface area (Å²) in [4.78, 5) is 39.6. The molecule has 12 heteroatoms. The minimum Gasteiger partial charge on any atom is -0.465 e. The van der Waals surface area contributed by atoms with Gasteiger partial charge in [0.1, 0.15) is 19.8 Å². The highest BCUT2D eigenvalue weighted by atomic mass is 32.2. The molecule has 15 atom stereocenters. The van der Waals surface area contributed by atoms with Crippen LogP contribution in [0.3, 0.4) is 0 Å². The van der Waals surface area contributed by atoms with Crippen molar-refractivity contribution in [3.63, 3.8) is 0 Å². The highest BCUT2D eigenvalue weighted by molar-refractivity contribution is 7.99. The molecule has 0 spiro atoms. The van der Waals surface area contributed by atoms with Crippen LogP contribution < -0.4 is 0 Å². The Kier molecular flexibility index (Phi) is 23.6. The maximum atomic E-state index is 13.2. The first kappa shape index (κ1) is 59.6. The molecule has 0 radical (unpaired) electrons. The van der Waals surface area contributed by atoms with Gasteiger partial charge in [0.15, 0.2) is 0 Å². The third-order valence-corrected chi connectivity index (χ3v) is 20.3. The van der Waals surface area contributed by atoms with Gasteiger partial charge in [0.25, 0.3) is 0 Å². The predicted octanol–water partition coefficient (Wildman–Crippen LogP) is 11.3. The molecule has 3 N–H and O–H groups in total. The highest BCUT2D eigenvalue weighted by Gasteiger charge is 2.47. The lowest BCUT2D eigenvalue weighted by molar-refractivity contribution is -0.161. The van der Waals surface area contributed by atoms with Crippen LogP contribution in [0.15, 0.2) is 0 Å². The molecule has 0 heterocycles. The number of hydrogen-bond acceptors (Lipinski definition) is 12. The minimum atomic E-state index is -0.888. The van der Waals surface area contributed by atoms with E-state index in [0.717, 1.165) is 36.5 Å². The Balaban J connectivity index is 1.54. The van der Waals surface area contributed by atoms with Crippen molar-refractivity contribution in [1.29, 1.82) is 0 Å². The summed E-state index contributed by atoms with van der Waals surface area (Å²) in [5.41, 5.74) is -0.733. The lowest BCUT2D eigenvalue weighted by Gasteiger charge is -2.47. The van der Waals surface area contributed by atoms with Crippen LogP contribution in [0, 0.1) is 92.7 Å². The number of ether oxygens (including phenoxy) is 3. The number of aliphatic hydroxyl groups is 3. The molecule has 0 bridgehead atoms. The molecule has 0 aromatic heterocycles. The van der Waals surface area contributed by atoms with Crippen LogP contribution in [0.2, 0.25) is 0 Å². The zero-order chi connectivity index (χ0) is 49.9. The lowest BCUT2D eigenvalue weighted by atomic mass is 9.61. The van der Waals surface area contributed by atoms with Crippen molar-refractivity contribution in [2.24, 2.45) is 92.7 Å². The highest BCUT2D eigenvalue weighted by Crippen LogP contribution is 2.49. The average Bonchev–Trinajstić information content (AvgIpc) is 3.22. The number of carbonyl (C=O) groups excluding carboxylic acids is 3. The van der Waals surface area contributed by atoms with E-state index in [9.17, 15) is 29.7 Å². The van der Waals surface area contributed by atoms with E-state index >= 15 is 0 Å². The quantitative estimate of drug-likeness (QED) is 0.0540. The first-order valence-corrected chi connectivity index (χ1v) is 29.2. The zero-order valence-corrected chi connectivity index (χ0v) is 46.9. The standard InChI is InChI=1S/C54H98O9S3/c1-17-54(30-61-45(55)18-21-64-27-39-33(2)24-42(51(8,9)10)48(58)36(39)5,31-62-46(56)19-22-65-28-40-34(3)25-43(52(11,12)13)49(59)37(40)6)32-63-47(57)20-23-66-29-41-35(4)26-44(53(14,15)16)50(60)38(41)7/h33-44,48-50,58-60H,17-32H2,1-16H3. The number of aliphatic hydroxyl groups excluding tert-OH is 3. The van der Waals surface area contributed by atoms with E-state index in [0.29, 0.717) is 59.2 Å². The second kappa shape index (κ2) is 26.2. The number of hydrogen-bond donors (Lipinski definition) is 3. The van der Waals surface area contributed by atoms with Crippen LogP contribution in [-0.4, -0.2) is 106 Å². The first-order chi connectivity index (χ1) is 30.5. The Morgan fingerprint density at radius 3 is 0.924 bits per heavy atom. The van der Waals surface area contributed by atoms with Crippen LogP contribution in [0.1, 0.15) is 156 Å². The van der Waals surface area contributed by atoms with E-state index < -0.39 is 5.41 Å². The topological polar surface area (TPSA) is 140 Å². The van der Waals surface area contributed by atoms with Gasteiger partial charge in [0.2, 0.25) is 0 Å². The average molecular weight is 988 g/mol. The van der Waals surface area contributed by atoms with Gasteiger partial charge in [0, 0.05) is 17.3 Å². The Bertz CT molecular complexity index is 1320. The molecule has 3 saturated carbocycles. The lowest BCUT2D eigenvalue weighted by Crippen LogP contribution is -2.47. The monoisotopic (exact) mass is 987 g/mol. The summed E-state index contributed by atoms with van der Waals surface area (Å²) >= 11 is 5.20. The largest absolute Gasteiger partial charge is 0.465 e. The van der Waals surface area contributed by atoms with Gasteiger partial charge in [-0.1, -0.05) is 111 Å². The maximum absolute atomic E-state index is 13.2. The van der Waals surface area contributed by atoms with E-state index in [2.05, 4.69) is 104 Å². The molecule has 0 aromatic carbocycles. The van der Waals surface area contributed by atoms with E-state index in [4.69, 9.17) is 14.2 Å². The van der Waals surface area contributed by atoms with Crippen LogP contribution in [0.25, 0.3) is 0 Å². The van der Waals surface area contributed by atoms with E-state index in [1.165, 1.54) is 0 Å². The molecule has 3 aliphatic rings. The fraction of sp³-hybridized carbons (Fsp3) is 0.944. The van der Waals surface area contributed by atoms with E-state index in [1.807, 2.05) is 6.92 Å². The van der Waals surface area contributed by atoms with Crippen molar-refractivity contribution in [3.05, 3.63) is 0 Å². The van der Waals surface area contributed by atoms with Gasteiger partial charge in [-0.3, -0.25) is 14.4 Å². The fourth-order valence-corrected chi connectivity index (χ4v) is 15.7. The van der Waals surface area contributed by atoms with Crippen LogP contribution in [0.4, 0.5) is 0 Å². The second-order valence-electron chi connectivity index (χ2n) is 24.9. The van der Waals surface area contributed by atoms with Gasteiger partial charge in [-0.2, -0.15) is 35.3 Å². The Labute approximate surface area is 416 Å². The smallest absolute Gasteiger partial charge is 0.306 e. The first-order valence-electron chi connectivity index (χ1n) is 25.8. The third kappa shape index (κ3) is 17.3. The van der Waals surface area contributed by atoms with Gasteiger partial charge in [-0.15, -0.1) is 0 Å². The maximum Gasteiger partial charge on any atom is 0.306 e. The Morgan fingerprint density at radius 1 is 0.470 bits per heavy atom. The van der Waals surface area contributed by atoms with Gasteiger partial charge in [-0.05, 0) is 130 Å². The molecule has 3 aliphatic carbocycles. The molecule has 15 unspecified atom stereocenters. The molecule has 66 heavy (non-hydrogen) atoms. The normalized spacial score (nSPS) is 34.3. The van der Waals surface area contributed by atoms with Crippen LogP contribution in [0.5, 0.6) is 0 Å². The molecule has 0 aromatic rings. The second-order valence-corrected chi connectivity index (χ2v) is 28.4. The summed E-state index contributed by atoms with van der Waals surface area (Å²) in [6.45, 7) is 35.1. The number of esters is 3. The number of rotatable bonds is 22. The summed E-state index contributed by atoms with van der Waals surface area (Å²) in [5, 5.41) is 33.5. The van der Waals surface area contributed by atoms with Crippen LogP contribution >= 0.6 is 35.3 Å². The molecule has 3 fully saturated rings. The van der Waals surface area contributed by atoms with Gasteiger partial charge >= 0.3 is 17.9 Å². The minimum absolute atomic E-state index is 0.0289. The Morgan fingerprint density at radius 2 is 0.712 bits per heavy atom. The molecular formula is C54H98O9S3. The number of carbonyl (C=O) groups is 3. The summed E-state index contributed by atoms with van der Waals surface area (Å²) < 4.78 is 17.7. The van der Waals surface area contributed by atoms with Crippen molar-refractivity contribution < 1.29 is 43.9 Å². The summed E-state index contributed by atoms with van der Waals surface area (Å²) in [5.74, 6) is 7.37. The number of thioether (sulfide) groups is 3.